The number of hydrogen-bond acceptors (Lipinski definition) is 4. The molecule has 1 atom stereocenters. The van der Waals surface area contributed by atoms with E-state index in [2.05, 4.69) is 32.9 Å². The number of ether oxygens (including phenoxy) is 1. The molecular formula is C13H13IN2O2S. The average molecular weight is 388 g/mol. The van der Waals surface area contributed by atoms with E-state index in [0.29, 0.717) is 10.9 Å². The highest BCUT2D eigenvalue weighted by atomic mass is 127. The highest BCUT2D eigenvalue weighted by molar-refractivity contribution is 14.1. The minimum Gasteiger partial charge on any atom is -0.481 e. The zero-order valence-electron chi connectivity index (χ0n) is 10.5. The number of carbonyl (C=O) groups is 1. The van der Waals surface area contributed by atoms with Crippen molar-refractivity contribution in [3.8, 4) is 5.75 Å². The van der Waals surface area contributed by atoms with E-state index >= 15 is 0 Å². The molecule has 0 aliphatic heterocycles. The SMILES string of the molecule is Cc1csc(NC(=O)C(C)Oc2ccc(I)cc2)n1. The van der Waals surface area contributed by atoms with Gasteiger partial charge in [-0.05, 0) is 60.7 Å². The third-order valence-electron chi connectivity index (χ3n) is 2.34. The first-order valence-electron chi connectivity index (χ1n) is 5.70. The first kappa shape index (κ1) is 14.3. The minimum atomic E-state index is -0.565. The lowest BCUT2D eigenvalue weighted by Gasteiger charge is -2.13. The summed E-state index contributed by atoms with van der Waals surface area (Å²) in [5.74, 6) is 0.478. The molecule has 0 aliphatic carbocycles. The lowest BCUT2D eigenvalue weighted by molar-refractivity contribution is -0.122. The number of aromatic nitrogens is 1. The van der Waals surface area contributed by atoms with E-state index in [9.17, 15) is 4.79 Å². The van der Waals surface area contributed by atoms with Crippen LogP contribution in [-0.2, 0) is 4.79 Å². The predicted octanol–water partition coefficient (Wildman–Crippen LogP) is 3.46. The van der Waals surface area contributed by atoms with Crippen LogP contribution in [0, 0.1) is 10.5 Å². The summed E-state index contributed by atoms with van der Waals surface area (Å²) in [6, 6.07) is 7.56. The smallest absolute Gasteiger partial charge is 0.266 e. The van der Waals surface area contributed by atoms with Gasteiger partial charge >= 0.3 is 0 Å². The Bertz CT molecular complexity index is 568. The van der Waals surface area contributed by atoms with Crippen LogP contribution in [0.2, 0.25) is 0 Å². The van der Waals surface area contributed by atoms with Crippen LogP contribution in [0.4, 0.5) is 5.13 Å². The van der Waals surface area contributed by atoms with Crippen molar-refractivity contribution >= 4 is 45.0 Å². The number of nitrogens with zero attached hydrogens (tertiary/aromatic N) is 1. The maximum absolute atomic E-state index is 11.9. The van der Waals surface area contributed by atoms with Crippen molar-refractivity contribution in [2.24, 2.45) is 0 Å². The predicted molar refractivity (Wildman–Crippen MR) is 84.7 cm³/mol. The maximum atomic E-state index is 11.9. The summed E-state index contributed by atoms with van der Waals surface area (Å²) in [7, 11) is 0. The molecule has 2 rings (SSSR count). The second-order valence-corrected chi connectivity index (χ2v) is 6.10. The summed E-state index contributed by atoms with van der Waals surface area (Å²) in [4.78, 5) is 16.1. The van der Waals surface area contributed by atoms with Gasteiger partial charge in [0.2, 0.25) is 0 Å². The van der Waals surface area contributed by atoms with Crippen molar-refractivity contribution in [2.45, 2.75) is 20.0 Å². The Hall–Kier alpha value is -1.15. The Morgan fingerprint density at radius 1 is 1.42 bits per heavy atom. The number of anilines is 1. The van der Waals surface area contributed by atoms with Gasteiger partial charge in [0.25, 0.3) is 5.91 Å². The monoisotopic (exact) mass is 388 g/mol. The van der Waals surface area contributed by atoms with Crippen LogP contribution >= 0.6 is 33.9 Å². The lowest BCUT2D eigenvalue weighted by atomic mass is 10.3. The summed E-state index contributed by atoms with van der Waals surface area (Å²) in [5.41, 5.74) is 0.895. The van der Waals surface area contributed by atoms with E-state index in [1.165, 1.54) is 11.3 Å². The van der Waals surface area contributed by atoms with E-state index in [4.69, 9.17) is 4.74 Å². The van der Waals surface area contributed by atoms with Gasteiger partial charge in [0.05, 0.1) is 5.69 Å². The van der Waals surface area contributed by atoms with Gasteiger partial charge in [-0.3, -0.25) is 10.1 Å². The maximum Gasteiger partial charge on any atom is 0.266 e. The molecule has 1 unspecified atom stereocenters. The Labute approximate surface area is 129 Å². The van der Waals surface area contributed by atoms with Crippen molar-refractivity contribution in [1.82, 2.24) is 4.98 Å². The number of benzene rings is 1. The van der Waals surface area contributed by atoms with Gasteiger partial charge in [0.15, 0.2) is 11.2 Å². The molecule has 1 amide bonds. The molecule has 2 aromatic rings. The van der Waals surface area contributed by atoms with Crippen LogP contribution in [0.5, 0.6) is 5.75 Å². The van der Waals surface area contributed by atoms with Gasteiger partial charge < -0.3 is 4.74 Å². The molecule has 1 aromatic carbocycles. The lowest BCUT2D eigenvalue weighted by Crippen LogP contribution is -2.30. The van der Waals surface area contributed by atoms with Crippen LogP contribution < -0.4 is 10.1 Å². The fraction of sp³-hybridized carbons (Fsp3) is 0.231. The third-order valence-corrected chi connectivity index (χ3v) is 3.94. The first-order chi connectivity index (χ1) is 9.04. The summed E-state index contributed by atoms with van der Waals surface area (Å²) in [6.45, 7) is 3.60. The van der Waals surface area contributed by atoms with Gasteiger partial charge in [0.1, 0.15) is 5.75 Å². The second-order valence-electron chi connectivity index (χ2n) is 4.00. The molecular weight excluding hydrogens is 375 g/mol. The highest BCUT2D eigenvalue weighted by Crippen LogP contribution is 2.17. The highest BCUT2D eigenvalue weighted by Gasteiger charge is 2.16. The van der Waals surface area contributed by atoms with Crippen molar-refractivity contribution in [3.63, 3.8) is 0 Å². The van der Waals surface area contributed by atoms with Crippen LogP contribution in [0.3, 0.4) is 0 Å². The average Bonchev–Trinajstić information content (AvgIpc) is 2.77. The zero-order chi connectivity index (χ0) is 13.8. The fourth-order valence-corrected chi connectivity index (χ4v) is 2.44. The fourth-order valence-electron chi connectivity index (χ4n) is 1.39. The van der Waals surface area contributed by atoms with Crippen LogP contribution in [-0.4, -0.2) is 17.0 Å². The molecule has 0 bridgehead atoms. The normalized spacial score (nSPS) is 11.9. The van der Waals surface area contributed by atoms with E-state index < -0.39 is 6.10 Å². The number of thiazole rings is 1. The number of amides is 1. The summed E-state index contributed by atoms with van der Waals surface area (Å²) >= 11 is 3.62. The summed E-state index contributed by atoms with van der Waals surface area (Å²) in [6.07, 6.45) is -0.565. The Morgan fingerprint density at radius 3 is 2.68 bits per heavy atom. The minimum absolute atomic E-state index is 0.201. The van der Waals surface area contributed by atoms with Crippen LogP contribution in [0.25, 0.3) is 0 Å². The summed E-state index contributed by atoms with van der Waals surface area (Å²) < 4.78 is 6.70. The molecule has 1 heterocycles. The molecule has 6 heteroatoms. The molecule has 0 fully saturated rings. The van der Waals surface area contributed by atoms with Gasteiger partial charge in [-0.25, -0.2) is 4.98 Å². The van der Waals surface area contributed by atoms with E-state index in [1.54, 1.807) is 6.92 Å². The zero-order valence-corrected chi connectivity index (χ0v) is 13.5. The molecule has 1 N–H and O–H groups in total. The molecule has 0 radical (unpaired) electrons. The number of hydrogen-bond donors (Lipinski definition) is 1. The Balaban J connectivity index is 1.94. The molecule has 0 saturated carbocycles. The number of carbonyl (C=O) groups excluding carboxylic acids is 1. The number of nitrogens with one attached hydrogen (secondary N) is 1. The number of halogens is 1. The first-order valence-corrected chi connectivity index (χ1v) is 7.65. The van der Waals surface area contributed by atoms with E-state index in [1.807, 2.05) is 36.6 Å². The van der Waals surface area contributed by atoms with Crippen LogP contribution in [0.15, 0.2) is 29.6 Å². The standard InChI is InChI=1S/C13H13IN2O2S/c1-8-7-19-13(15-8)16-12(17)9(2)18-11-5-3-10(14)4-6-11/h3-7,9H,1-2H3,(H,15,16,17). The molecule has 19 heavy (non-hydrogen) atoms. The van der Waals surface area contributed by atoms with Crippen molar-refractivity contribution in [2.75, 3.05) is 5.32 Å². The Kier molecular flexibility index (Phi) is 4.76. The second kappa shape index (κ2) is 6.33. The Morgan fingerprint density at radius 2 is 2.11 bits per heavy atom. The number of aryl methyl sites for hydroxylation is 1. The van der Waals surface area contributed by atoms with Gasteiger partial charge in [-0.1, -0.05) is 0 Å². The number of rotatable bonds is 4. The van der Waals surface area contributed by atoms with E-state index in [-0.39, 0.29) is 5.91 Å². The molecule has 0 spiro atoms. The van der Waals surface area contributed by atoms with Gasteiger partial charge in [-0.2, -0.15) is 0 Å². The van der Waals surface area contributed by atoms with Gasteiger partial charge in [-0.15, -0.1) is 11.3 Å². The summed E-state index contributed by atoms with van der Waals surface area (Å²) in [5, 5.41) is 5.22. The van der Waals surface area contributed by atoms with Crippen molar-refractivity contribution < 1.29 is 9.53 Å². The molecule has 0 aliphatic rings. The molecule has 1 aromatic heterocycles. The van der Waals surface area contributed by atoms with Crippen molar-refractivity contribution in [3.05, 3.63) is 38.9 Å². The molecule has 100 valence electrons. The van der Waals surface area contributed by atoms with Gasteiger partial charge in [0, 0.05) is 8.95 Å². The third kappa shape index (κ3) is 4.17. The van der Waals surface area contributed by atoms with Crippen LogP contribution in [0.1, 0.15) is 12.6 Å². The molecule has 0 saturated heterocycles. The quantitative estimate of drug-likeness (QED) is 0.817. The van der Waals surface area contributed by atoms with Crippen molar-refractivity contribution in [1.29, 1.82) is 0 Å². The topological polar surface area (TPSA) is 51.2 Å². The largest absolute Gasteiger partial charge is 0.481 e. The molecule has 4 nitrogen and oxygen atoms in total. The van der Waals surface area contributed by atoms with E-state index in [0.717, 1.165) is 9.26 Å².